The molecule has 0 spiro atoms. The fourth-order valence-corrected chi connectivity index (χ4v) is 7.74. The first-order valence-electron chi connectivity index (χ1n) is 17.8. The van der Waals surface area contributed by atoms with Crippen molar-refractivity contribution < 1.29 is 4.42 Å². The molecule has 0 radical (unpaired) electrons. The van der Waals surface area contributed by atoms with Crippen LogP contribution in [-0.2, 0) is 0 Å². The highest BCUT2D eigenvalue weighted by Gasteiger charge is 2.24. The standard InChI is InChI=1S/C50H33NO/c1-3-12-34(13-4-1)36-22-27-40(28-23-36)51(41-29-24-37(25-30-41)35-14-5-2-6-15-35)47-33-32-45(44-21-11-18-38-16-7-9-19-42(38)44)50-48(47)46-31-26-39-17-8-10-20-43(39)49(46)52-50/h1-33H. The highest BCUT2D eigenvalue weighted by molar-refractivity contribution is 6.22. The number of rotatable bonds is 6. The van der Waals surface area contributed by atoms with Gasteiger partial charge in [-0.1, -0.05) is 158 Å². The smallest absolute Gasteiger partial charge is 0.145 e. The van der Waals surface area contributed by atoms with Gasteiger partial charge in [0.1, 0.15) is 11.2 Å². The predicted molar refractivity (Wildman–Crippen MR) is 220 cm³/mol. The van der Waals surface area contributed by atoms with Gasteiger partial charge in [0.05, 0.1) is 11.1 Å². The van der Waals surface area contributed by atoms with Gasteiger partial charge in [-0.2, -0.15) is 0 Å². The van der Waals surface area contributed by atoms with E-state index in [-0.39, 0.29) is 0 Å². The number of hydrogen-bond donors (Lipinski definition) is 0. The molecule has 0 amide bonds. The Morgan fingerprint density at radius 1 is 0.308 bits per heavy atom. The van der Waals surface area contributed by atoms with Crippen LogP contribution in [0.25, 0.3) is 76.9 Å². The Hall–Kier alpha value is -6.90. The highest BCUT2D eigenvalue weighted by atomic mass is 16.3. The summed E-state index contributed by atoms with van der Waals surface area (Å²) in [6, 6.07) is 71.5. The number of hydrogen-bond acceptors (Lipinski definition) is 2. The molecule has 0 saturated heterocycles. The lowest BCUT2D eigenvalue weighted by atomic mass is 9.95. The van der Waals surface area contributed by atoms with Crippen LogP contribution in [0.4, 0.5) is 17.1 Å². The number of anilines is 3. The average molecular weight is 664 g/mol. The molecule has 2 heteroatoms. The van der Waals surface area contributed by atoms with Crippen molar-refractivity contribution in [1.82, 2.24) is 0 Å². The molecule has 0 aliphatic rings. The lowest BCUT2D eigenvalue weighted by Gasteiger charge is -2.27. The monoisotopic (exact) mass is 663 g/mol. The Morgan fingerprint density at radius 3 is 1.46 bits per heavy atom. The molecule has 9 aromatic carbocycles. The summed E-state index contributed by atoms with van der Waals surface area (Å²) >= 11 is 0. The van der Waals surface area contributed by atoms with Crippen molar-refractivity contribution in [2.75, 3.05) is 4.90 Å². The normalized spacial score (nSPS) is 11.5. The van der Waals surface area contributed by atoms with E-state index in [0.29, 0.717) is 0 Å². The van der Waals surface area contributed by atoms with Crippen LogP contribution < -0.4 is 4.90 Å². The minimum atomic E-state index is 0.881. The van der Waals surface area contributed by atoms with Gasteiger partial charge < -0.3 is 9.32 Å². The Bertz CT molecular complexity index is 2780. The van der Waals surface area contributed by atoms with Crippen LogP contribution in [0.5, 0.6) is 0 Å². The third kappa shape index (κ3) is 5.04. The SMILES string of the molecule is c1ccc(-c2ccc(N(c3ccc(-c4ccccc4)cc3)c3ccc(-c4cccc5ccccc45)c4oc5c6ccccc6ccc5c34)cc2)cc1. The van der Waals surface area contributed by atoms with Gasteiger partial charge in [0.25, 0.3) is 0 Å². The summed E-state index contributed by atoms with van der Waals surface area (Å²) < 4.78 is 7.09. The van der Waals surface area contributed by atoms with Crippen molar-refractivity contribution in [3.8, 4) is 33.4 Å². The van der Waals surface area contributed by atoms with Gasteiger partial charge in [-0.15, -0.1) is 0 Å². The summed E-state index contributed by atoms with van der Waals surface area (Å²) in [7, 11) is 0. The largest absolute Gasteiger partial charge is 0.455 e. The summed E-state index contributed by atoms with van der Waals surface area (Å²) in [5, 5.41) is 6.86. The van der Waals surface area contributed by atoms with Crippen LogP contribution in [0, 0.1) is 0 Å². The maximum Gasteiger partial charge on any atom is 0.145 e. The van der Waals surface area contributed by atoms with Crippen LogP contribution in [0.15, 0.2) is 205 Å². The van der Waals surface area contributed by atoms with Crippen molar-refractivity contribution in [3.05, 3.63) is 200 Å². The van der Waals surface area contributed by atoms with Crippen LogP contribution in [0.3, 0.4) is 0 Å². The zero-order valence-electron chi connectivity index (χ0n) is 28.4. The van der Waals surface area contributed by atoms with E-state index < -0.39 is 0 Å². The lowest BCUT2D eigenvalue weighted by Crippen LogP contribution is -2.10. The van der Waals surface area contributed by atoms with Gasteiger partial charge in [0.2, 0.25) is 0 Å². The summed E-state index contributed by atoms with van der Waals surface area (Å²) in [5.74, 6) is 0. The van der Waals surface area contributed by atoms with E-state index in [2.05, 4.69) is 205 Å². The van der Waals surface area contributed by atoms with Gasteiger partial charge in [-0.05, 0) is 86.4 Å². The maximum absolute atomic E-state index is 7.09. The molecule has 0 fully saturated rings. The van der Waals surface area contributed by atoms with Gasteiger partial charge >= 0.3 is 0 Å². The maximum atomic E-state index is 7.09. The topological polar surface area (TPSA) is 16.4 Å². The molecule has 1 heterocycles. The van der Waals surface area contributed by atoms with Crippen molar-refractivity contribution in [3.63, 3.8) is 0 Å². The fraction of sp³-hybridized carbons (Fsp3) is 0. The van der Waals surface area contributed by atoms with E-state index in [1.54, 1.807) is 0 Å². The Labute approximate surface area is 302 Å². The Morgan fingerprint density at radius 2 is 0.827 bits per heavy atom. The number of benzene rings is 9. The first-order valence-corrected chi connectivity index (χ1v) is 17.8. The van der Waals surface area contributed by atoms with Crippen LogP contribution in [-0.4, -0.2) is 0 Å². The van der Waals surface area contributed by atoms with Crippen LogP contribution >= 0.6 is 0 Å². The van der Waals surface area contributed by atoms with Gasteiger partial charge in [0, 0.05) is 27.7 Å². The van der Waals surface area contributed by atoms with E-state index in [1.165, 1.54) is 33.0 Å². The third-order valence-electron chi connectivity index (χ3n) is 10.3. The van der Waals surface area contributed by atoms with Crippen LogP contribution in [0.2, 0.25) is 0 Å². The minimum absolute atomic E-state index is 0.881. The third-order valence-corrected chi connectivity index (χ3v) is 10.3. The van der Waals surface area contributed by atoms with Gasteiger partial charge in [-0.25, -0.2) is 0 Å². The van der Waals surface area contributed by atoms with E-state index >= 15 is 0 Å². The van der Waals surface area contributed by atoms with Crippen molar-refractivity contribution in [2.45, 2.75) is 0 Å². The van der Waals surface area contributed by atoms with Gasteiger partial charge in [0.15, 0.2) is 0 Å². The number of furan rings is 1. The number of nitrogens with zero attached hydrogens (tertiary/aromatic N) is 1. The van der Waals surface area contributed by atoms with Crippen molar-refractivity contribution >= 4 is 60.5 Å². The molecule has 0 bridgehead atoms. The highest BCUT2D eigenvalue weighted by Crippen LogP contribution is 2.48. The summed E-state index contributed by atoms with van der Waals surface area (Å²) in [6.45, 7) is 0. The molecule has 244 valence electrons. The molecule has 0 aliphatic heterocycles. The summed E-state index contributed by atoms with van der Waals surface area (Å²) in [5.41, 5.74) is 12.0. The molecule has 0 saturated carbocycles. The molecule has 0 atom stereocenters. The second-order valence-corrected chi connectivity index (χ2v) is 13.3. The van der Waals surface area contributed by atoms with Crippen molar-refractivity contribution in [2.24, 2.45) is 0 Å². The first kappa shape index (κ1) is 30.0. The first-order chi connectivity index (χ1) is 25.8. The Kier molecular flexibility index (Phi) is 7.18. The molecule has 1 aromatic heterocycles. The lowest BCUT2D eigenvalue weighted by molar-refractivity contribution is 0.674. The quantitative estimate of drug-likeness (QED) is 0.176. The summed E-state index contributed by atoms with van der Waals surface area (Å²) in [6.07, 6.45) is 0. The molecule has 0 aliphatic carbocycles. The molecule has 10 aromatic rings. The zero-order valence-corrected chi connectivity index (χ0v) is 28.4. The molecule has 10 rings (SSSR count). The minimum Gasteiger partial charge on any atom is -0.455 e. The second kappa shape index (κ2) is 12.5. The van der Waals surface area contributed by atoms with E-state index in [1.807, 2.05) is 0 Å². The Balaban J connectivity index is 1.25. The van der Waals surface area contributed by atoms with Crippen molar-refractivity contribution in [1.29, 1.82) is 0 Å². The number of fused-ring (bicyclic) bond motifs is 6. The predicted octanol–water partition coefficient (Wildman–Crippen LogP) is 14.4. The zero-order chi connectivity index (χ0) is 34.4. The molecular formula is C50H33NO. The van der Waals surface area contributed by atoms with Gasteiger partial charge in [-0.3, -0.25) is 0 Å². The molecule has 0 N–H and O–H groups in total. The molecule has 0 unspecified atom stereocenters. The van der Waals surface area contributed by atoms with E-state index in [0.717, 1.165) is 60.9 Å². The average Bonchev–Trinajstić information content (AvgIpc) is 3.63. The fourth-order valence-electron chi connectivity index (χ4n) is 7.74. The molecule has 2 nitrogen and oxygen atoms in total. The summed E-state index contributed by atoms with van der Waals surface area (Å²) in [4.78, 5) is 2.38. The second-order valence-electron chi connectivity index (χ2n) is 13.3. The molecule has 52 heavy (non-hydrogen) atoms. The van der Waals surface area contributed by atoms with Crippen LogP contribution in [0.1, 0.15) is 0 Å². The van der Waals surface area contributed by atoms with E-state index in [4.69, 9.17) is 4.42 Å². The molecular weight excluding hydrogens is 631 g/mol. The van der Waals surface area contributed by atoms with E-state index in [9.17, 15) is 0 Å².